The number of halogens is 4. The van der Waals surface area contributed by atoms with E-state index in [-0.39, 0.29) is 45.7 Å². The summed E-state index contributed by atoms with van der Waals surface area (Å²) < 4.78 is 35.2. The third-order valence-electron chi connectivity index (χ3n) is 4.20. The molecule has 0 atom stereocenters. The molecule has 0 radical (unpaired) electrons. The Labute approximate surface area is 186 Å². The number of benzene rings is 1. The molecule has 0 aliphatic carbocycles. The minimum atomic E-state index is -1.15. The van der Waals surface area contributed by atoms with Crippen LogP contribution in [0.4, 0.5) is 19.4 Å². The molecule has 0 aliphatic heterocycles. The van der Waals surface area contributed by atoms with Crippen molar-refractivity contribution in [2.24, 2.45) is 0 Å². The molecule has 0 unspecified atom stereocenters. The van der Waals surface area contributed by atoms with Crippen LogP contribution in [-0.4, -0.2) is 32.8 Å². The van der Waals surface area contributed by atoms with Crippen LogP contribution in [0.5, 0.6) is 0 Å². The first-order chi connectivity index (χ1) is 14.5. The fourth-order valence-corrected chi connectivity index (χ4v) is 3.33. The molecule has 7 nitrogen and oxygen atoms in total. The fraction of sp³-hybridized carbons (Fsp3) is 0.300. The number of hydrogen-bond acceptors (Lipinski definition) is 5. The normalized spacial score (nSPS) is 11.4. The number of hydrogen-bond donors (Lipinski definition) is 0. The standard InChI is InChI=1S/C20H17Cl2F2N5O2/c1-20(2,3)31-19(30)29(16-8-15(22)26-10-27-16)5-4-28-11(9-25)6-12-13(21)7-14(23)17(24)18(12)28/h6-8,10H,4-5H2,1-3H3. The zero-order valence-electron chi connectivity index (χ0n) is 16.8. The number of rotatable bonds is 4. The molecule has 0 bridgehead atoms. The lowest BCUT2D eigenvalue weighted by Gasteiger charge is -2.27. The highest BCUT2D eigenvalue weighted by Gasteiger charge is 2.26. The van der Waals surface area contributed by atoms with E-state index in [1.165, 1.54) is 27.9 Å². The Morgan fingerprint density at radius 1 is 1.26 bits per heavy atom. The second-order valence-corrected chi connectivity index (χ2v) is 8.33. The third-order valence-corrected chi connectivity index (χ3v) is 4.72. The van der Waals surface area contributed by atoms with E-state index in [9.17, 15) is 18.8 Å². The van der Waals surface area contributed by atoms with Gasteiger partial charge in [-0.15, -0.1) is 0 Å². The maximum absolute atomic E-state index is 14.6. The SMILES string of the molecule is CC(C)(C)OC(=O)N(CCn1c(C#N)cc2c(Cl)cc(F)c(F)c21)c1cc(Cl)ncn1. The zero-order valence-corrected chi connectivity index (χ0v) is 18.3. The number of carbonyl (C=O) groups is 1. The summed E-state index contributed by atoms with van der Waals surface area (Å²) in [7, 11) is 0. The molecule has 0 aliphatic rings. The van der Waals surface area contributed by atoms with E-state index in [1.54, 1.807) is 20.8 Å². The van der Waals surface area contributed by atoms with Crippen molar-refractivity contribution in [1.29, 1.82) is 5.26 Å². The number of nitriles is 1. The predicted octanol–water partition coefficient (Wildman–Crippen LogP) is 5.33. The second kappa shape index (κ2) is 8.65. The number of fused-ring (bicyclic) bond motifs is 1. The monoisotopic (exact) mass is 467 g/mol. The quantitative estimate of drug-likeness (QED) is 0.382. The summed E-state index contributed by atoms with van der Waals surface area (Å²) in [4.78, 5) is 21.8. The van der Waals surface area contributed by atoms with Crippen LogP contribution in [0.25, 0.3) is 10.9 Å². The molecule has 0 N–H and O–H groups in total. The van der Waals surface area contributed by atoms with Crippen molar-refractivity contribution in [2.45, 2.75) is 32.9 Å². The molecule has 2 heterocycles. The minimum Gasteiger partial charge on any atom is -0.443 e. The van der Waals surface area contributed by atoms with Crippen molar-refractivity contribution in [1.82, 2.24) is 14.5 Å². The summed E-state index contributed by atoms with van der Waals surface area (Å²) in [5, 5.41) is 9.73. The maximum Gasteiger partial charge on any atom is 0.416 e. The molecule has 31 heavy (non-hydrogen) atoms. The lowest BCUT2D eigenvalue weighted by molar-refractivity contribution is 0.0578. The van der Waals surface area contributed by atoms with Crippen LogP contribution in [0, 0.1) is 23.0 Å². The fourth-order valence-electron chi connectivity index (χ4n) is 2.95. The lowest BCUT2D eigenvalue weighted by Crippen LogP contribution is -2.39. The number of ether oxygens (including phenoxy) is 1. The van der Waals surface area contributed by atoms with Crippen LogP contribution in [0.15, 0.2) is 24.5 Å². The van der Waals surface area contributed by atoms with Gasteiger partial charge < -0.3 is 9.30 Å². The van der Waals surface area contributed by atoms with Crippen LogP contribution < -0.4 is 4.90 Å². The average molecular weight is 468 g/mol. The maximum atomic E-state index is 14.6. The summed E-state index contributed by atoms with van der Waals surface area (Å²) in [6, 6.07) is 5.50. The highest BCUT2D eigenvalue weighted by molar-refractivity contribution is 6.35. The van der Waals surface area contributed by atoms with Gasteiger partial charge in [0, 0.05) is 24.5 Å². The number of carbonyl (C=O) groups excluding carboxylic acids is 1. The van der Waals surface area contributed by atoms with Crippen LogP contribution >= 0.6 is 23.2 Å². The molecule has 11 heteroatoms. The van der Waals surface area contributed by atoms with E-state index >= 15 is 0 Å². The van der Waals surface area contributed by atoms with Gasteiger partial charge in [-0.2, -0.15) is 5.26 Å². The van der Waals surface area contributed by atoms with Gasteiger partial charge >= 0.3 is 6.09 Å². The molecule has 0 saturated heterocycles. The van der Waals surface area contributed by atoms with E-state index in [0.29, 0.717) is 0 Å². The number of anilines is 1. The molecule has 3 aromatic rings. The van der Waals surface area contributed by atoms with Crippen LogP contribution in [0.3, 0.4) is 0 Å². The number of nitrogens with zero attached hydrogens (tertiary/aromatic N) is 5. The smallest absolute Gasteiger partial charge is 0.416 e. The van der Waals surface area contributed by atoms with Gasteiger partial charge in [0.05, 0.1) is 10.5 Å². The first kappa shape index (κ1) is 22.7. The van der Waals surface area contributed by atoms with Gasteiger partial charge in [0.1, 0.15) is 34.7 Å². The van der Waals surface area contributed by atoms with E-state index in [0.717, 1.165) is 6.07 Å². The Morgan fingerprint density at radius 3 is 2.58 bits per heavy atom. The van der Waals surface area contributed by atoms with Gasteiger partial charge in [0.2, 0.25) is 0 Å². The molecule has 162 valence electrons. The predicted molar refractivity (Wildman–Crippen MR) is 112 cm³/mol. The first-order valence-corrected chi connectivity index (χ1v) is 9.82. The molecule has 3 rings (SSSR count). The number of aromatic nitrogens is 3. The van der Waals surface area contributed by atoms with Crippen LogP contribution in [0.2, 0.25) is 10.2 Å². The van der Waals surface area contributed by atoms with Crippen molar-refractivity contribution in [3.05, 3.63) is 52.0 Å². The highest BCUT2D eigenvalue weighted by atomic mass is 35.5. The zero-order chi connectivity index (χ0) is 22.9. The van der Waals surface area contributed by atoms with Crippen molar-refractivity contribution >= 4 is 46.0 Å². The Bertz CT molecular complexity index is 1200. The van der Waals surface area contributed by atoms with Gasteiger partial charge in [-0.3, -0.25) is 4.90 Å². The molecule has 0 spiro atoms. The van der Waals surface area contributed by atoms with Crippen molar-refractivity contribution in [3.63, 3.8) is 0 Å². The van der Waals surface area contributed by atoms with Crippen LogP contribution in [-0.2, 0) is 11.3 Å². The van der Waals surface area contributed by atoms with E-state index in [2.05, 4.69) is 9.97 Å². The van der Waals surface area contributed by atoms with Crippen molar-refractivity contribution in [2.75, 3.05) is 11.4 Å². The second-order valence-electron chi connectivity index (χ2n) is 7.54. The Hall–Kier alpha value is -2.96. The van der Waals surface area contributed by atoms with Gasteiger partial charge in [-0.05, 0) is 32.9 Å². The highest BCUT2D eigenvalue weighted by Crippen LogP contribution is 2.31. The summed E-state index contributed by atoms with van der Waals surface area (Å²) in [6.45, 7) is 4.93. The molecular weight excluding hydrogens is 451 g/mol. The first-order valence-electron chi connectivity index (χ1n) is 9.06. The largest absolute Gasteiger partial charge is 0.443 e. The minimum absolute atomic E-state index is 0.0317. The van der Waals surface area contributed by atoms with Crippen molar-refractivity contribution in [3.8, 4) is 6.07 Å². The summed E-state index contributed by atoms with van der Waals surface area (Å²) >= 11 is 12.0. The molecular formula is C20H17Cl2F2N5O2. The Balaban J connectivity index is 2.03. The molecule has 1 aromatic carbocycles. The Kier molecular flexibility index (Phi) is 6.34. The van der Waals surface area contributed by atoms with Gasteiger partial charge in [0.15, 0.2) is 11.6 Å². The number of amides is 1. The molecule has 2 aromatic heterocycles. The molecule has 0 fully saturated rings. The van der Waals surface area contributed by atoms with E-state index < -0.39 is 23.3 Å². The van der Waals surface area contributed by atoms with E-state index in [4.69, 9.17) is 27.9 Å². The Morgan fingerprint density at radius 2 is 1.97 bits per heavy atom. The topological polar surface area (TPSA) is 84.0 Å². The molecule has 1 amide bonds. The summed E-state index contributed by atoms with van der Waals surface area (Å²) in [5.41, 5.74) is -0.926. The third kappa shape index (κ3) is 4.86. The lowest BCUT2D eigenvalue weighted by atomic mass is 10.2. The summed E-state index contributed by atoms with van der Waals surface area (Å²) in [5.74, 6) is -2.14. The summed E-state index contributed by atoms with van der Waals surface area (Å²) in [6.07, 6.45) is 0.442. The van der Waals surface area contributed by atoms with Gasteiger partial charge in [-0.1, -0.05) is 23.2 Å². The van der Waals surface area contributed by atoms with Crippen LogP contribution in [0.1, 0.15) is 26.5 Å². The average Bonchev–Trinajstić information content (AvgIpc) is 3.04. The van der Waals surface area contributed by atoms with Gasteiger partial charge in [0.25, 0.3) is 0 Å². The van der Waals surface area contributed by atoms with E-state index in [1.807, 2.05) is 6.07 Å². The van der Waals surface area contributed by atoms with Crippen molar-refractivity contribution < 1.29 is 18.3 Å². The molecule has 0 saturated carbocycles. The van der Waals surface area contributed by atoms with Gasteiger partial charge in [-0.25, -0.2) is 23.5 Å².